The SMILES string of the molecule is CS(=O)(=O)c1c(C(=O)[O-])noc1C(=O)c1ccccc1C(F)(F)F. The molecule has 0 unspecified atom stereocenters. The first kappa shape index (κ1) is 17.7. The van der Waals surface area contributed by atoms with Crippen LogP contribution in [0.2, 0.25) is 0 Å². The largest absolute Gasteiger partial charge is 0.543 e. The average Bonchev–Trinajstić information content (AvgIpc) is 2.90. The van der Waals surface area contributed by atoms with Gasteiger partial charge in [-0.15, -0.1) is 0 Å². The van der Waals surface area contributed by atoms with E-state index in [-0.39, 0.29) is 0 Å². The van der Waals surface area contributed by atoms with E-state index in [9.17, 15) is 36.3 Å². The number of nitrogens with zero attached hydrogens (tertiary/aromatic N) is 1. The molecular weight excluding hydrogens is 355 g/mol. The highest BCUT2D eigenvalue weighted by molar-refractivity contribution is 7.90. The van der Waals surface area contributed by atoms with E-state index in [1.54, 1.807) is 0 Å². The van der Waals surface area contributed by atoms with Gasteiger partial charge in [0.15, 0.2) is 9.84 Å². The minimum Gasteiger partial charge on any atom is -0.543 e. The zero-order chi connectivity index (χ0) is 18.3. The molecule has 11 heteroatoms. The van der Waals surface area contributed by atoms with Crippen LogP contribution in [-0.2, 0) is 16.0 Å². The summed E-state index contributed by atoms with van der Waals surface area (Å²) in [7, 11) is -4.35. The third-order valence-electron chi connectivity index (χ3n) is 2.90. The zero-order valence-corrected chi connectivity index (χ0v) is 12.6. The van der Waals surface area contributed by atoms with Crippen molar-refractivity contribution in [1.29, 1.82) is 0 Å². The fraction of sp³-hybridized carbons (Fsp3) is 0.154. The number of ketones is 1. The van der Waals surface area contributed by atoms with Gasteiger partial charge in [-0.3, -0.25) is 4.79 Å². The first-order valence-electron chi connectivity index (χ1n) is 6.06. The Morgan fingerprint density at radius 2 is 1.79 bits per heavy atom. The van der Waals surface area contributed by atoms with Crippen molar-refractivity contribution in [3.63, 3.8) is 0 Å². The van der Waals surface area contributed by atoms with Gasteiger partial charge in [0.2, 0.25) is 11.5 Å². The van der Waals surface area contributed by atoms with Crippen LogP contribution >= 0.6 is 0 Å². The lowest BCUT2D eigenvalue weighted by Crippen LogP contribution is -2.25. The second-order valence-electron chi connectivity index (χ2n) is 4.62. The number of benzene rings is 1. The molecule has 0 saturated carbocycles. The minimum absolute atomic E-state index is 0.554. The van der Waals surface area contributed by atoms with Gasteiger partial charge in [0.1, 0.15) is 10.6 Å². The average molecular weight is 362 g/mol. The lowest BCUT2D eigenvalue weighted by atomic mass is 10.0. The third kappa shape index (κ3) is 3.15. The number of carboxylic acid groups (broad SMARTS) is 1. The highest BCUT2D eigenvalue weighted by atomic mass is 32.2. The molecule has 0 aliphatic rings. The zero-order valence-electron chi connectivity index (χ0n) is 11.7. The van der Waals surface area contributed by atoms with Crippen molar-refractivity contribution in [2.24, 2.45) is 0 Å². The molecule has 2 rings (SSSR count). The predicted molar refractivity (Wildman–Crippen MR) is 68.8 cm³/mol. The van der Waals surface area contributed by atoms with Gasteiger partial charge in [0, 0.05) is 11.8 Å². The summed E-state index contributed by atoms with van der Waals surface area (Å²) < 4.78 is 66.7. The van der Waals surface area contributed by atoms with Crippen molar-refractivity contribution in [2.75, 3.05) is 6.26 Å². The lowest BCUT2D eigenvalue weighted by Gasteiger charge is -2.11. The van der Waals surface area contributed by atoms with Gasteiger partial charge in [-0.2, -0.15) is 13.2 Å². The van der Waals surface area contributed by atoms with Crippen LogP contribution in [0.1, 0.15) is 32.2 Å². The topological polar surface area (TPSA) is 117 Å². The maximum Gasteiger partial charge on any atom is 0.417 e. The predicted octanol–water partition coefficient (Wildman–Crippen LogP) is 0.691. The number of rotatable bonds is 4. The van der Waals surface area contributed by atoms with Gasteiger partial charge < -0.3 is 14.4 Å². The van der Waals surface area contributed by atoms with E-state index in [2.05, 4.69) is 9.68 Å². The fourth-order valence-corrected chi connectivity index (χ4v) is 2.89. The van der Waals surface area contributed by atoms with Gasteiger partial charge in [-0.05, 0) is 6.07 Å². The van der Waals surface area contributed by atoms with Crippen molar-refractivity contribution >= 4 is 21.6 Å². The molecule has 0 radical (unpaired) electrons. The number of aromatic carboxylic acids is 1. The number of carbonyl (C=O) groups excluding carboxylic acids is 2. The van der Waals surface area contributed by atoms with Crippen LogP contribution in [0.15, 0.2) is 33.7 Å². The van der Waals surface area contributed by atoms with E-state index in [0.29, 0.717) is 12.3 Å². The molecule has 128 valence electrons. The molecular formula is C13H7F3NO6S-. The summed E-state index contributed by atoms with van der Waals surface area (Å²) in [6.45, 7) is 0. The normalized spacial score (nSPS) is 12.2. The van der Waals surface area contributed by atoms with Crippen LogP contribution in [0.25, 0.3) is 0 Å². The van der Waals surface area contributed by atoms with Crippen LogP contribution in [0, 0.1) is 0 Å². The molecule has 1 aromatic heterocycles. The molecule has 0 saturated heterocycles. The molecule has 0 N–H and O–H groups in total. The number of halogens is 3. The Labute approximate surface area is 132 Å². The molecule has 0 amide bonds. The molecule has 0 atom stereocenters. The quantitative estimate of drug-likeness (QED) is 0.735. The van der Waals surface area contributed by atoms with Gasteiger partial charge in [0.25, 0.3) is 0 Å². The van der Waals surface area contributed by atoms with E-state index in [4.69, 9.17) is 0 Å². The van der Waals surface area contributed by atoms with Crippen LogP contribution in [-0.4, -0.2) is 31.6 Å². The number of hydrogen-bond donors (Lipinski definition) is 0. The summed E-state index contributed by atoms with van der Waals surface area (Å²) in [5.41, 5.74) is -3.43. The second-order valence-corrected chi connectivity index (χ2v) is 6.57. The summed E-state index contributed by atoms with van der Waals surface area (Å²) in [4.78, 5) is 22.0. The molecule has 0 bridgehead atoms. The molecule has 24 heavy (non-hydrogen) atoms. The Kier molecular flexibility index (Phi) is 4.23. The summed E-state index contributed by atoms with van der Waals surface area (Å²) in [6.07, 6.45) is -4.34. The van der Waals surface area contributed by atoms with Gasteiger partial charge in [-0.25, -0.2) is 8.42 Å². The Balaban J connectivity index is 2.72. The second kappa shape index (κ2) is 5.74. The first-order chi connectivity index (χ1) is 10.9. The Bertz CT molecular complexity index is 929. The molecule has 0 spiro atoms. The lowest BCUT2D eigenvalue weighted by molar-refractivity contribution is -0.256. The smallest absolute Gasteiger partial charge is 0.417 e. The van der Waals surface area contributed by atoms with Crippen LogP contribution in [0.4, 0.5) is 13.2 Å². The number of carbonyl (C=O) groups is 2. The van der Waals surface area contributed by atoms with Crippen LogP contribution < -0.4 is 5.11 Å². The molecule has 1 aromatic carbocycles. The van der Waals surface area contributed by atoms with Crippen LogP contribution in [0.5, 0.6) is 0 Å². The maximum atomic E-state index is 13.0. The molecule has 7 nitrogen and oxygen atoms in total. The highest BCUT2D eigenvalue weighted by Gasteiger charge is 2.38. The van der Waals surface area contributed by atoms with Crippen molar-refractivity contribution < 1.29 is 40.8 Å². The molecule has 2 aromatic rings. The van der Waals surface area contributed by atoms with Gasteiger partial charge >= 0.3 is 6.18 Å². The summed E-state index contributed by atoms with van der Waals surface area (Å²) >= 11 is 0. The number of hydrogen-bond acceptors (Lipinski definition) is 7. The monoisotopic (exact) mass is 362 g/mol. The van der Waals surface area contributed by atoms with E-state index in [1.165, 1.54) is 0 Å². The number of sulfone groups is 1. The molecule has 1 heterocycles. The molecule has 0 fully saturated rings. The summed E-state index contributed by atoms with van der Waals surface area (Å²) in [5, 5.41) is 13.8. The molecule has 0 aliphatic carbocycles. The number of alkyl halides is 3. The third-order valence-corrected chi connectivity index (χ3v) is 4.02. The summed E-state index contributed by atoms with van der Waals surface area (Å²) in [5.74, 6) is -4.65. The minimum atomic E-state index is -4.89. The van der Waals surface area contributed by atoms with E-state index in [0.717, 1.165) is 18.2 Å². The number of aromatic nitrogens is 1. The summed E-state index contributed by atoms with van der Waals surface area (Å²) in [6, 6.07) is 3.57. The standard InChI is InChI=1S/C13H8F3NO6S/c1-24(21,22)11-8(12(19)20)17-23-10(11)9(18)6-4-2-3-5-7(6)13(14,15)16/h2-5H,1H3,(H,19,20)/p-1. The van der Waals surface area contributed by atoms with Gasteiger partial charge in [0.05, 0.1) is 11.5 Å². The number of carboxylic acids is 1. The maximum absolute atomic E-state index is 13.0. The highest BCUT2D eigenvalue weighted by Crippen LogP contribution is 2.34. The molecule has 0 aliphatic heterocycles. The van der Waals surface area contributed by atoms with Crippen LogP contribution in [0.3, 0.4) is 0 Å². The Morgan fingerprint density at radius 3 is 2.29 bits per heavy atom. The van der Waals surface area contributed by atoms with Crippen molar-refractivity contribution in [3.8, 4) is 0 Å². The van der Waals surface area contributed by atoms with E-state index < -0.39 is 55.2 Å². The van der Waals surface area contributed by atoms with Crippen molar-refractivity contribution in [3.05, 3.63) is 46.8 Å². The Morgan fingerprint density at radius 1 is 1.21 bits per heavy atom. The van der Waals surface area contributed by atoms with E-state index >= 15 is 0 Å². The van der Waals surface area contributed by atoms with Gasteiger partial charge in [-0.1, -0.05) is 23.4 Å². The Hall–Kier alpha value is -2.69. The van der Waals surface area contributed by atoms with Crippen molar-refractivity contribution in [1.82, 2.24) is 5.16 Å². The first-order valence-corrected chi connectivity index (χ1v) is 7.95. The van der Waals surface area contributed by atoms with E-state index in [1.807, 2.05) is 0 Å². The van der Waals surface area contributed by atoms with Crippen molar-refractivity contribution in [2.45, 2.75) is 11.1 Å². The fourth-order valence-electron chi connectivity index (χ4n) is 1.95.